The van der Waals surface area contributed by atoms with E-state index in [1.54, 1.807) is 0 Å². The van der Waals surface area contributed by atoms with Gasteiger partial charge in [0.25, 0.3) is 0 Å². The number of hydrogen-bond acceptors (Lipinski definition) is 2. The standard InChI is InChI=1S/C32H24N2/c1-32-28-22-15-5-9-19-11-7-17-24(26(19)22)30(28)33(34(32)21-13-3-2-4-14-21)31-25-18-8-12-20-10-6-16-23(27(20)25)29(31)32/h2-18,28-31H,1H3/t28-,29+,30-,31-,32?/m0/s1. The smallest absolute Gasteiger partial charge is 0.0713 e. The van der Waals surface area contributed by atoms with Gasteiger partial charge < -0.3 is 0 Å². The van der Waals surface area contributed by atoms with Gasteiger partial charge in [-0.15, -0.1) is 0 Å². The second-order valence-corrected chi connectivity index (χ2v) is 10.7. The van der Waals surface area contributed by atoms with Crippen LogP contribution in [0.25, 0.3) is 21.5 Å². The zero-order valence-corrected chi connectivity index (χ0v) is 19.0. The molecule has 2 bridgehead atoms. The highest BCUT2D eigenvalue weighted by Crippen LogP contribution is 2.75. The number of para-hydroxylation sites is 1. The molecule has 2 fully saturated rings. The molecule has 2 unspecified atom stereocenters. The van der Waals surface area contributed by atoms with Gasteiger partial charge in [0.2, 0.25) is 0 Å². The maximum Gasteiger partial charge on any atom is 0.0713 e. The zero-order valence-electron chi connectivity index (χ0n) is 19.0. The average molecular weight is 437 g/mol. The summed E-state index contributed by atoms with van der Waals surface area (Å²) in [6.45, 7) is 2.55. The molecule has 2 saturated heterocycles. The molecule has 2 nitrogen and oxygen atoms in total. The van der Waals surface area contributed by atoms with Gasteiger partial charge in [-0.25, -0.2) is 5.01 Å². The van der Waals surface area contributed by atoms with Crippen LogP contribution < -0.4 is 5.01 Å². The molecule has 4 aliphatic rings. The van der Waals surface area contributed by atoms with E-state index in [-0.39, 0.29) is 5.54 Å². The molecule has 0 spiro atoms. The van der Waals surface area contributed by atoms with Crippen molar-refractivity contribution in [3.05, 3.63) is 125 Å². The van der Waals surface area contributed by atoms with E-state index in [4.69, 9.17) is 0 Å². The summed E-state index contributed by atoms with van der Waals surface area (Å²) in [4.78, 5) is 0. The van der Waals surface area contributed by atoms with Gasteiger partial charge >= 0.3 is 0 Å². The Morgan fingerprint density at radius 1 is 0.529 bits per heavy atom. The number of fused-ring (bicyclic) bond motifs is 12. The summed E-state index contributed by atoms with van der Waals surface area (Å²) in [7, 11) is 0. The van der Waals surface area contributed by atoms with Crippen molar-refractivity contribution in [1.82, 2.24) is 5.01 Å². The number of anilines is 1. The second-order valence-electron chi connectivity index (χ2n) is 10.7. The highest BCUT2D eigenvalue weighted by molar-refractivity contribution is 5.96. The molecular formula is C32H24N2. The van der Waals surface area contributed by atoms with Crippen LogP contribution in [0.1, 0.15) is 53.1 Å². The van der Waals surface area contributed by atoms with E-state index in [1.807, 2.05) is 0 Å². The summed E-state index contributed by atoms with van der Waals surface area (Å²) in [5.41, 5.74) is 7.32. The monoisotopic (exact) mass is 436 g/mol. The van der Waals surface area contributed by atoms with Crippen molar-refractivity contribution < 1.29 is 0 Å². The molecule has 0 aromatic heterocycles. The molecule has 6 atom stereocenters. The fourth-order valence-corrected chi connectivity index (χ4v) is 8.48. The molecule has 5 aromatic rings. The average Bonchev–Trinajstić information content (AvgIpc) is 3.56. The first-order valence-corrected chi connectivity index (χ1v) is 12.4. The molecule has 2 heteroatoms. The van der Waals surface area contributed by atoms with Crippen molar-refractivity contribution >= 4 is 27.2 Å². The molecule has 2 aliphatic heterocycles. The fourth-order valence-electron chi connectivity index (χ4n) is 8.48. The number of nitrogens with zero attached hydrogens (tertiary/aromatic N) is 2. The van der Waals surface area contributed by atoms with Crippen molar-refractivity contribution in [1.29, 1.82) is 0 Å². The van der Waals surface area contributed by atoms with Crippen molar-refractivity contribution in [2.75, 3.05) is 5.01 Å². The predicted molar refractivity (Wildman–Crippen MR) is 138 cm³/mol. The number of hydrazine groups is 1. The number of rotatable bonds is 1. The summed E-state index contributed by atoms with van der Waals surface area (Å²) >= 11 is 0. The normalized spacial score (nSPS) is 31.4. The molecule has 2 heterocycles. The van der Waals surface area contributed by atoms with Gasteiger partial charge in [0.15, 0.2) is 0 Å². The van der Waals surface area contributed by atoms with E-state index >= 15 is 0 Å². The van der Waals surface area contributed by atoms with Crippen LogP contribution in [0.4, 0.5) is 5.69 Å². The minimum absolute atomic E-state index is 0.0582. The largest absolute Gasteiger partial charge is 0.297 e. The molecule has 0 N–H and O–H groups in total. The van der Waals surface area contributed by atoms with Crippen LogP contribution in [0.15, 0.2) is 103 Å². The third-order valence-corrected chi connectivity index (χ3v) is 9.39. The SMILES string of the molecule is CC12[C@@H]3c4cccc5cccc(c45)[C@@H]3N([C@H]3c4cccc5cccc(c45)[C@@H]31)N2c1ccccc1. The number of hydrogen-bond donors (Lipinski definition) is 0. The molecule has 5 aromatic carbocycles. The van der Waals surface area contributed by atoms with Crippen LogP contribution in [-0.4, -0.2) is 10.5 Å². The Bertz CT molecular complexity index is 1560. The maximum atomic E-state index is 2.79. The Hall–Kier alpha value is -3.62. The van der Waals surface area contributed by atoms with Crippen LogP contribution in [0, 0.1) is 0 Å². The van der Waals surface area contributed by atoms with Gasteiger partial charge in [-0.2, -0.15) is 0 Å². The molecule has 2 aliphatic carbocycles. The van der Waals surface area contributed by atoms with Crippen LogP contribution in [0.2, 0.25) is 0 Å². The predicted octanol–water partition coefficient (Wildman–Crippen LogP) is 7.48. The van der Waals surface area contributed by atoms with Crippen molar-refractivity contribution in [3.63, 3.8) is 0 Å². The third kappa shape index (κ3) is 1.75. The van der Waals surface area contributed by atoms with E-state index in [1.165, 1.54) is 49.5 Å². The van der Waals surface area contributed by atoms with E-state index in [0.29, 0.717) is 23.9 Å². The maximum absolute atomic E-state index is 2.79. The lowest BCUT2D eigenvalue weighted by Gasteiger charge is -2.41. The van der Waals surface area contributed by atoms with Gasteiger partial charge in [0, 0.05) is 11.8 Å². The van der Waals surface area contributed by atoms with Crippen molar-refractivity contribution in [2.45, 2.75) is 36.4 Å². The Labute approximate surface area is 199 Å². The summed E-state index contributed by atoms with van der Waals surface area (Å²) < 4.78 is 0. The summed E-state index contributed by atoms with van der Waals surface area (Å²) in [6.07, 6.45) is 0. The first kappa shape index (κ1) is 17.8. The third-order valence-electron chi connectivity index (χ3n) is 9.39. The molecule has 0 saturated carbocycles. The Morgan fingerprint density at radius 2 is 1.00 bits per heavy atom. The van der Waals surface area contributed by atoms with E-state index in [9.17, 15) is 0 Å². The van der Waals surface area contributed by atoms with E-state index in [0.717, 1.165) is 0 Å². The van der Waals surface area contributed by atoms with Gasteiger partial charge in [0.1, 0.15) is 0 Å². The van der Waals surface area contributed by atoms with Crippen LogP contribution in [0.5, 0.6) is 0 Å². The minimum Gasteiger partial charge on any atom is -0.297 e. The highest BCUT2D eigenvalue weighted by atomic mass is 15.7. The number of benzene rings is 5. The van der Waals surface area contributed by atoms with Crippen molar-refractivity contribution in [3.8, 4) is 0 Å². The summed E-state index contributed by atoms with van der Waals surface area (Å²) in [5.74, 6) is 0.860. The summed E-state index contributed by atoms with van der Waals surface area (Å²) in [6, 6.07) is 39.6. The van der Waals surface area contributed by atoms with Crippen LogP contribution in [-0.2, 0) is 0 Å². The fraction of sp³-hybridized carbons (Fsp3) is 0.188. The topological polar surface area (TPSA) is 6.48 Å². The quantitative estimate of drug-likeness (QED) is 0.269. The molecule has 9 rings (SSSR count). The van der Waals surface area contributed by atoms with Gasteiger partial charge in [-0.3, -0.25) is 5.01 Å². The van der Waals surface area contributed by atoms with Crippen LogP contribution in [0.3, 0.4) is 0 Å². The van der Waals surface area contributed by atoms with E-state index in [2.05, 4.69) is 120 Å². The van der Waals surface area contributed by atoms with E-state index < -0.39 is 0 Å². The van der Waals surface area contributed by atoms with Crippen LogP contribution >= 0.6 is 0 Å². The zero-order chi connectivity index (χ0) is 22.2. The second kappa shape index (κ2) is 5.71. The molecule has 0 amide bonds. The van der Waals surface area contributed by atoms with Crippen molar-refractivity contribution in [2.24, 2.45) is 0 Å². The Morgan fingerprint density at radius 3 is 1.50 bits per heavy atom. The van der Waals surface area contributed by atoms with Gasteiger partial charge in [-0.1, -0.05) is 91.0 Å². The first-order valence-electron chi connectivity index (χ1n) is 12.4. The highest BCUT2D eigenvalue weighted by Gasteiger charge is 2.72. The lowest BCUT2D eigenvalue weighted by Crippen LogP contribution is -2.46. The first-order chi connectivity index (χ1) is 16.8. The van der Waals surface area contributed by atoms with Gasteiger partial charge in [-0.05, 0) is 62.9 Å². The molecular weight excluding hydrogens is 412 g/mol. The molecule has 162 valence electrons. The number of piperidine rings is 1. The lowest BCUT2D eigenvalue weighted by molar-refractivity contribution is 0.151. The molecule has 0 radical (unpaired) electrons. The Balaban J connectivity index is 1.40. The summed E-state index contributed by atoms with van der Waals surface area (Å²) in [5, 5.41) is 11.2. The minimum atomic E-state index is -0.0582. The van der Waals surface area contributed by atoms with Gasteiger partial charge in [0.05, 0.1) is 23.3 Å². The lowest BCUT2D eigenvalue weighted by atomic mass is 9.66. The molecule has 34 heavy (non-hydrogen) atoms. The Kier molecular flexibility index (Phi) is 2.99.